The van der Waals surface area contributed by atoms with Crippen LogP contribution in [0.5, 0.6) is 0 Å². The van der Waals surface area contributed by atoms with E-state index in [4.69, 9.17) is 4.74 Å². The lowest BCUT2D eigenvalue weighted by Gasteiger charge is -2.40. The van der Waals surface area contributed by atoms with Crippen LogP contribution in [-0.2, 0) is 4.74 Å². The van der Waals surface area contributed by atoms with E-state index in [-0.39, 0.29) is 18.0 Å². The Balaban J connectivity index is 2.27. The zero-order valence-electron chi connectivity index (χ0n) is 11.9. The predicted molar refractivity (Wildman–Crippen MR) is 74.8 cm³/mol. The molecule has 0 aromatic heterocycles. The average Bonchev–Trinajstić information content (AvgIpc) is 2.39. The lowest BCUT2D eigenvalue weighted by Crippen LogP contribution is -2.47. The van der Waals surface area contributed by atoms with Crippen molar-refractivity contribution in [3.8, 4) is 0 Å². The van der Waals surface area contributed by atoms with Crippen molar-refractivity contribution in [3.63, 3.8) is 0 Å². The van der Waals surface area contributed by atoms with Crippen LogP contribution in [0.1, 0.15) is 24.1 Å². The molecule has 2 rings (SSSR count). The minimum absolute atomic E-state index is 0.0687. The maximum absolute atomic E-state index is 13.5. The van der Waals surface area contributed by atoms with Crippen molar-refractivity contribution in [1.82, 2.24) is 10.2 Å². The monoisotopic (exact) mass is 266 g/mol. The van der Waals surface area contributed by atoms with Gasteiger partial charge in [-0.3, -0.25) is 4.90 Å². The molecule has 0 spiro atoms. The fourth-order valence-electron chi connectivity index (χ4n) is 2.69. The molecule has 2 atom stereocenters. The second-order valence-electron chi connectivity index (χ2n) is 5.14. The first kappa shape index (κ1) is 14.4. The number of likely N-dealkylation sites (N-methyl/N-ethyl adjacent to an activating group) is 2. The molecule has 1 aromatic carbocycles. The van der Waals surface area contributed by atoms with Crippen LogP contribution in [-0.4, -0.2) is 44.3 Å². The van der Waals surface area contributed by atoms with E-state index in [0.29, 0.717) is 0 Å². The van der Waals surface area contributed by atoms with E-state index in [1.165, 1.54) is 6.07 Å². The van der Waals surface area contributed by atoms with Crippen molar-refractivity contribution in [3.05, 3.63) is 35.1 Å². The molecule has 4 heteroatoms. The number of benzene rings is 1. The summed E-state index contributed by atoms with van der Waals surface area (Å²) in [4.78, 5) is 2.26. The Labute approximate surface area is 114 Å². The number of nitrogens with zero attached hydrogens (tertiary/aromatic N) is 1. The van der Waals surface area contributed by atoms with Crippen molar-refractivity contribution in [2.45, 2.75) is 26.0 Å². The Morgan fingerprint density at radius 3 is 3.00 bits per heavy atom. The summed E-state index contributed by atoms with van der Waals surface area (Å²) in [5.74, 6) is -0.179. The molecule has 3 nitrogen and oxygen atoms in total. The first-order valence-corrected chi connectivity index (χ1v) is 6.92. The second kappa shape index (κ2) is 6.46. The standard InChI is InChI=1S/C15H23FN2O/c1-4-17-10-14-15(18(3)7-8-19-14)13-9-12(16)6-5-11(13)2/h5-6,9,14-15,17H,4,7-8,10H2,1-3H3. The molecule has 1 heterocycles. The molecule has 2 unspecified atom stereocenters. The van der Waals surface area contributed by atoms with Crippen LogP contribution in [0.25, 0.3) is 0 Å². The number of hydrogen-bond donors (Lipinski definition) is 1. The third kappa shape index (κ3) is 3.32. The van der Waals surface area contributed by atoms with Gasteiger partial charge >= 0.3 is 0 Å². The number of rotatable bonds is 4. The summed E-state index contributed by atoms with van der Waals surface area (Å²) in [6.45, 7) is 7.43. The highest BCUT2D eigenvalue weighted by atomic mass is 19.1. The average molecular weight is 266 g/mol. The van der Waals surface area contributed by atoms with E-state index in [1.807, 2.05) is 13.0 Å². The van der Waals surface area contributed by atoms with Gasteiger partial charge in [-0.25, -0.2) is 4.39 Å². The minimum Gasteiger partial charge on any atom is -0.374 e. The number of aryl methyl sites for hydroxylation is 1. The van der Waals surface area contributed by atoms with Crippen molar-refractivity contribution in [1.29, 1.82) is 0 Å². The summed E-state index contributed by atoms with van der Waals surface area (Å²) in [5, 5.41) is 3.33. The molecule has 106 valence electrons. The van der Waals surface area contributed by atoms with Crippen LogP contribution < -0.4 is 5.32 Å². The van der Waals surface area contributed by atoms with Crippen LogP contribution in [0, 0.1) is 12.7 Å². The number of ether oxygens (including phenoxy) is 1. The molecule has 0 aliphatic carbocycles. The van der Waals surface area contributed by atoms with Crippen LogP contribution in [0.2, 0.25) is 0 Å². The largest absolute Gasteiger partial charge is 0.374 e. The zero-order valence-corrected chi connectivity index (χ0v) is 11.9. The number of nitrogens with one attached hydrogen (secondary N) is 1. The molecule has 1 N–H and O–H groups in total. The normalized spacial score (nSPS) is 24.6. The first-order valence-electron chi connectivity index (χ1n) is 6.92. The van der Waals surface area contributed by atoms with E-state index in [9.17, 15) is 4.39 Å². The third-order valence-corrected chi connectivity index (χ3v) is 3.76. The molecule has 0 bridgehead atoms. The summed E-state index contributed by atoms with van der Waals surface area (Å²) in [6.07, 6.45) is 0.0687. The van der Waals surface area contributed by atoms with Crippen molar-refractivity contribution in [2.24, 2.45) is 0 Å². The van der Waals surface area contributed by atoms with E-state index in [2.05, 4.69) is 24.2 Å². The van der Waals surface area contributed by atoms with Gasteiger partial charge in [0.15, 0.2) is 0 Å². The highest BCUT2D eigenvalue weighted by Crippen LogP contribution is 2.30. The fraction of sp³-hybridized carbons (Fsp3) is 0.600. The van der Waals surface area contributed by atoms with Crippen molar-refractivity contribution < 1.29 is 9.13 Å². The first-order chi connectivity index (χ1) is 9.13. The Bertz CT molecular complexity index is 425. The SMILES string of the molecule is CCNCC1OCCN(C)C1c1cc(F)ccc1C. The van der Waals surface area contributed by atoms with Crippen molar-refractivity contribution in [2.75, 3.05) is 33.3 Å². The van der Waals surface area contributed by atoms with Gasteiger partial charge in [0.05, 0.1) is 18.8 Å². The fourth-order valence-corrected chi connectivity index (χ4v) is 2.69. The maximum atomic E-state index is 13.5. The van der Waals surface area contributed by atoms with Gasteiger partial charge in [-0.05, 0) is 43.8 Å². The minimum atomic E-state index is -0.179. The predicted octanol–water partition coefficient (Wildman–Crippen LogP) is 2.12. The summed E-state index contributed by atoms with van der Waals surface area (Å²) in [5.41, 5.74) is 2.15. The second-order valence-corrected chi connectivity index (χ2v) is 5.14. The third-order valence-electron chi connectivity index (χ3n) is 3.76. The Hall–Kier alpha value is -0.970. The van der Waals surface area contributed by atoms with E-state index in [1.54, 1.807) is 6.07 Å². The molecular formula is C15H23FN2O. The summed E-state index contributed by atoms with van der Waals surface area (Å²) in [7, 11) is 2.08. The van der Waals surface area contributed by atoms with Crippen LogP contribution in [0.15, 0.2) is 18.2 Å². The van der Waals surface area contributed by atoms with Gasteiger partial charge in [-0.2, -0.15) is 0 Å². The van der Waals surface area contributed by atoms with Gasteiger partial charge in [0, 0.05) is 13.1 Å². The van der Waals surface area contributed by atoms with Gasteiger partial charge in [-0.1, -0.05) is 13.0 Å². The molecule has 0 radical (unpaired) electrons. The molecule has 1 saturated heterocycles. The molecular weight excluding hydrogens is 243 g/mol. The Kier molecular flexibility index (Phi) is 4.91. The molecule has 1 aromatic rings. The molecule has 19 heavy (non-hydrogen) atoms. The molecule has 1 aliphatic rings. The quantitative estimate of drug-likeness (QED) is 0.903. The van der Waals surface area contributed by atoms with E-state index < -0.39 is 0 Å². The summed E-state index contributed by atoms with van der Waals surface area (Å²) >= 11 is 0. The highest BCUT2D eigenvalue weighted by molar-refractivity contribution is 5.31. The van der Waals surface area contributed by atoms with E-state index >= 15 is 0 Å². The number of halogens is 1. The van der Waals surface area contributed by atoms with E-state index in [0.717, 1.165) is 37.4 Å². The Morgan fingerprint density at radius 1 is 1.47 bits per heavy atom. The zero-order chi connectivity index (χ0) is 13.8. The topological polar surface area (TPSA) is 24.5 Å². The van der Waals surface area contributed by atoms with Gasteiger partial charge in [0.25, 0.3) is 0 Å². The van der Waals surface area contributed by atoms with Crippen LogP contribution in [0.3, 0.4) is 0 Å². The maximum Gasteiger partial charge on any atom is 0.123 e. The molecule has 0 amide bonds. The smallest absolute Gasteiger partial charge is 0.123 e. The number of hydrogen-bond acceptors (Lipinski definition) is 3. The molecule has 0 saturated carbocycles. The molecule has 1 aliphatic heterocycles. The van der Waals surface area contributed by atoms with Gasteiger partial charge < -0.3 is 10.1 Å². The summed E-state index contributed by atoms with van der Waals surface area (Å²) in [6, 6.07) is 5.12. The van der Waals surface area contributed by atoms with Crippen LogP contribution >= 0.6 is 0 Å². The highest BCUT2D eigenvalue weighted by Gasteiger charge is 2.32. The lowest BCUT2D eigenvalue weighted by atomic mass is 9.94. The van der Waals surface area contributed by atoms with Gasteiger partial charge in [0.2, 0.25) is 0 Å². The lowest BCUT2D eigenvalue weighted by molar-refractivity contribution is -0.0614. The van der Waals surface area contributed by atoms with Gasteiger partial charge in [0.1, 0.15) is 5.82 Å². The van der Waals surface area contributed by atoms with Gasteiger partial charge in [-0.15, -0.1) is 0 Å². The Morgan fingerprint density at radius 2 is 2.26 bits per heavy atom. The van der Waals surface area contributed by atoms with Crippen LogP contribution in [0.4, 0.5) is 4.39 Å². The summed E-state index contributed by atoms with van der Waals surface area (Å²) < 4.78 is 19.4. The molecule has 1 fully saturated rings. The number of morpholine rings is 1. The van der Waals surface area contributed by atoms with Crippen molar-refractivity contribution >= 4 is 0 Å².